The van der Waals surface area contributed by atoms with E-state index in [1.165, 1.54) is 41.2 Å². The van der Waals surface area contributed by atoms with E-state index in [1.807, 2.05) is 30.3 Å². The topological polar surface area (TPSA) is 117 Å². The summed E-state index contributed by atoms with van der Waals surface area (Å²) in [6.45, 7) is 0. The molecule has 0 radical (unpaired) electrons. The summed E-state index contributed by atoms with van der Waals surface area (Å²) in [4.78, 5) is 41.1. The fourth-order valence-corrected chi connectivity index (χ4v) is 4.07. The second-order valence-electron chi connectivity index (χ2n) is 8.47. The molecule has 196 valence electrons. The average molecular weight is 551 g/mol. The van der Waals surface area contributed by atoms with Crippen LogP contribution in [-0.4, -0.2) is 26.8 Å². The number of aromatic nitrogens is 2. The molecule has 0 N–H and O–H groups in total. The van der Waals surface area contributed by atoms with E-state index in [0.717, 1.165) is 6.08 Å². The number of hydrogen-bond acceptors (Lipinski definition) is 7. The molecule has 1 aromatic heterocycles. The van der Waals surface area contributed by atoms with Crippen LogP contribution in [0.4, 0.5) is 5.69 Å². The first kappa shape index (κ1) is 26.2. The van der Waals surface area contributed by atoms with E-state index in [4.69, 9.17) is 16.3 Å². The molecule has 40 heavy (non-hydrogen) atoms. The average Bonchev–Trinajstić information content (AvgIpc) is 2.97. The van der Waals surface area contributed by atoms with Crippen molar-refractivity contribution >= 4 is 46.5 Å². The molecule has 0 bridgehead atoms. The van der Waals surface area contributed by atoms with Crippen molar-refractivity contribution in [2.75, 3.05) is 0 Å². The standard InChI is InChI=1S/C30H19ClN4O5/c31-23-14-15-27(40-28(36)16-13-20-7-6-10-24(17-20)35(38)39)22(18-23)19-32-34-29(21-8-2-1-3-9-21)33-26-12-5-4-11-25(26)30(34)37/h1-19H/b16-13+,32-19?. The zero-order valence-electron chi connectivity index (χ0n) is 20.7. The number of carbonyl (C=O) groups is 1. The Balaban J connectivity index is 1.48. The van der Waals surface area contributed by atoms with Crippen molar-refractivity contribution in [3.05, 3.63) is 140 Å². The van der Waals surface area contributed by atoms with Gasteiger partial charge in [-0.15, -0.1) is 0 Å². The van der Waals surface area contributed by atoms with Crippen LogP contribution in [0.3, 0.4) is 0 Å². The third kappa shape index (κ3) is 5.85. The summed E-state index contributed by atoms with van der Waals surface area (Å²) in [6.07, 6.45) is 3.92. The first-order valence-electron chi connectivity index (χ1n) is 11.9. The minimum atomic E-state index is -0.724. The number of para-hydroxylation sites is 1. The van der Waals surface area contributed by atoms with E-state index in [1.54, 1.807) is 42.5 Å². The Morgan fingerprint density at radius 1 is 0.975 bits per heavy atom. The Morgan fingerprint density at radius 2 is 1.75 bits per heavy atom. The first-order chi connectivity index (χ1) is 19.4. The Bertz CT molecular complexity index is 1870. The van der Waals surface area contributed by atoms with Crippen molar-refractivity contribution in [3.63, 3.8) is 0 Å². The fraction of sp³-hybridized carbons (Fsp3) is 0. The summed E-state index contributed by atoms with van der Waals surface area (Å²) in [6, 6.07) is 26.6. The van der Waals surface area contributed by atoms with E-state index in [0.29, 0.717) is 38.4 Å². The van der Waals surface area contributed by atoms with Crippen LogP contribution in [0.2, 0.25) is 5.02 Å². The summed E-state index contributed by atoms with van der Waals surface area (Å²) in [7, 11) is 0. The van der Waals surface area contributed by atoms with Gasteiger partial charge in [-0.3, -0.25) is 14.9 Å². The highest BCUT2D eigenvalue weighted by Gasteiger charge is 2.13. The Kier molecular flexibility index (Phi) is 7.56. The Morgan fingerprint density at radius 3 is 2.55 bits per heavy atom. The van der Waals surface area contributed by atoms with Gasteiger partial charge in [0.1, 0.15) is 5.75 Å². The minimum absolute atomic E-state index is 0.0972. The number of rotatable bonds is 7. The quantitative estimate of drug-likeness (QED) is 0.0601. The van der Waals surface area contributed by atoms with E-state index in [-0.39, 0.29) is 17.0 Å². The lowest BCUT2D eigenvalue weighted by atomic mass is 10.2. The maximum Gasteiger partial charge on any atom is 0.336 e. The van der Waals surface area contributed by atoms with Gasteiger partial charge in [-0.25, -0.2) is 9.78 Å². The number of hydrogen-bond donors (Lipinski definition) is 0. The molecule has 0 aliphatic carbocycles. The smallest absolute Gasteiger partial charge is 0.336 e. The Labute approximate surface area is 232 Å². The molecule has 0 saturated carbocycles. The fourth-order valence-electron chi connectivity index (χ4n) is 3.89. The number of esters is 1. The highest BCUT2D eigenvalue weighted by atomic mass is 35.5. The van der Waals surface area contributed by atoms with Crippen molar-refractivity contribution in [1.82, 2.24) is 9.66 Å². The number of nitro benzene ring substituents is 1. The number of nitrogens with zero attached hydrogens (tertiary/aromatic N) is 4. The number of halogens is 1. The normalized spacial score (nSPS) is 11.3. The minimum Gasteiger partial charge on any atom is -0.423 e. The zero-order valence-corrected chi connectivity index (χ0v) is 21.4. The SMILES string of the molecule is O=C(/C=C/c1cccc([N+](=O)[O-])c1)Oc1ccc(Cl)cc1C=Nn1c(-c2ccccc2)nc2ccccc2c1=O. The van der Waals surface area contributed by atoms with Crippen molar-refractivity contribution in [2.45, 2.75) is 0 Å². The van der Waals surface area contributed by atoms with Crippen LogP contribution in [-0.2, 0) is 4.79 Å². The number of non-ortho nitro benzene ring substituents is 1. The van der Waals surface area contributed by atoms with Gasteiger partial charge in [0, 0.05) is 34.4 Å². The molecule has 0 aliphatic rings. The van der Waals surface area contributed by atoms with Gasteiger partial charge in [0.25, 0.3) is 11.2 Å². The van der Waals surface area contributed by atoms with Gasteiger partial charge >= 0.3 is 5.97 Å². The molecule has 9 nitrogen and oxygen atoms in total. The highest BCUT2D eigenvalue weighted by molar-refractivity contribution is 6.31. The van der Waals surface area contributed by atoms with Crippen LogP contribution >= 0.6 is 11.6 Å². The molecule has 10 heteroatoms. The van der Waals surface area contributed by atoms with Crippen molar-refractivity contribution in [1.29, 1.82) is 0 Å². The molecule has 5 rings (SSSR count). The molecular formula is C30H19ClN4O5. The molecule has 4 aromatic carbocycles. The molecule has 0 spiro atoms. The predicted molar refractivity (Wildman–Crippen MR) is 154 cm³/mol. The van der Waals surface area contributed by atoms with Gasteiger partial charge in [-0.2, -0.15) is 9.78 Å². The number of ether oxygens (including phenoxy) is 1. The third-order valence-corrected chi connectivity index (χ3v) is 6.01. The van der Waals surface area contributed by atoms with Gasteiger partial charge in [0.15, 0.2) is 5.82 Å². The third-order valence-electron chi connectivity index (χ3n) is 5.77. The van der Waals surface area contributed by atoms with E-state index >= 15 is 0 Å². The number of benzene rings is 4. The van der Waals surface area contributed by atoms with Crippen molar-refractivity contribution in [3.8, 4) is 17.1 Å². The summed E-state index contributed by atoms with van der Waals surface area (Å²) < 4.78 is 6.68. The van der Waals surface area contributed by atoms with E-state index < -0.39 is 10.9 Å². The molecule has 0 fully saturated rings. The maximum atomic E-state index is 13.4. The largest absolute Gasteiger partial charge is 0.423 e. The molecule has 0 aliphatic heterocycles. The van der Waals surface area contributed by atoms with Crippen molar-refractivity contribution < 1.29 is 14.5 Å². The van der Waals surface area contributed by atoms with Crippen molar-refractivity contribution in [2.24, 2.45) is 5.10 Å². The van der Waals surface area contributed by atoms with E-state index in [9.17, 15) is 19.7 Å². The van der Waals surface area contributed by atoms with Crippen LogP contribution in [0.15, 0.2) is 113 Å². The molecule has 0 unspecified atom stereocenters. The molecule has 0 amide bonds. The van der Waals surface area contributed by atoms with E-state index in [2.05, 4.69) is 10.1 Å². The molecule has 1 heterocycles. The number of carbonyl (C=O) groups excluding carboxylic acids is 1. The lowest BCUT2D eigenvalue weighted by Crippen LogP contribution is -2.20. The van der Waals surface area contributed by atoms with Crippen LogP contribution in [0, 0.1) is 10.1 Å². The maximum absolute atomic E-state index is 13.4. The Hall–Kier alpha value is -5.41. The second kappa shape index (κ2) is 11.5. The zero-order chi connectivity index (χ0) is 28.1. The molecular weight excluding hydrogens is 532 g/mol. The van der Waals surface area contributed by atoms with Gasteiger partial charge in [0.2, 0.25) is 0 Å². The summed E-state index contributed by atoms with van der Waals surface area (Å²) in [5.41, 5.74) is 1.54. The van der Waals surface area contributed by atoms with Crippen LogP contribution in [0.5, 0.6) is 5.75 Å². The molecule has 0 saturated heterocycles. The summed E-state index contributed by atoms with van der Waals surface area (Å²) >= 11 is 6.20. The lowest BCUT2D eigenvalue weighted by molar-refractivity contribution is -0.384. The second-order valence-corrected chi connectivity index (χ2v) is 8.91. The summed E-state index contributed by atoms with van der Waals surface area (Å²) in [5.74, 6) is -0.246. The number of fused-ring (bicyclic) bond motifs is 1. The van der Waals surface area contributed by atoms with Gasteiger partial charge in [-0.05, 0) is 42.0 Å². The predicted octanol–water partition coefficient (Wildman–Crippen LogP) is 6.13. The highest BCUT2D eigenvalue weighted by Crippen LogP contribution is 2.23. The van der Waals surface area contributed by atoms with Crippen LogP contribution in [0.1, 0.15) is 11.1 Å². The first-order valence-corrected chi connectivity index (χ1v) is 12.3. The molecule has 0 atom stereocenters. The van der Waals surface area contributed by atoms with Gasteiger partial charge in [-0.1, -0.05) is 66.2 Å². The lowest BCUT2D eigenvalue weighted by Gasteiger charge is -2.10. The number of nitro groups is 1. The van der Waals surface area contributed by atoms with Crippen LogP contribution in [0.25, 0.3) is 28.4 Å². The van der Waals surface area contributed by atoms with Gasteiger partial charge < -0.3 is 4.74 Å². The van der Waals surface area contributed by atoms with Gasteiger partial charge in [0.05, 0.1) is 22.0 Å². The molecule has 5 aromatic rings. The monoisotopic (exact) mass is 550 g/mol. The summed E-state index contributed by atoms with van der Waals surface area (Å²) in [5, 5.41) is 16.2. The van der Waals surface area contributed by atoms with Crippen LogP contribution < -0.4 is 10.3 Å².